The molecule has 1 saturated heterocycles. The Morgan fingerprint density at radius 3 is 2.50 bits per heavy atom. The Balaban J connectivity index is 1.69. The van der Waals surface area contributed by atoms with Crippen LogP contribution in [0.2, 0.25) is 0 Å². The van der Waals surface area contributed by atoms with E-state index >= 15 is 0 Å². The number of benzene rings is 1. The Kier molecular flexibility index (Phi) is 5.06. The lowest BCUT2D eigenvalue weighted by atomic mass is 10.1. The van der Waals surface area contributed by atoms with Gasteiger partial charge in [-0.25, -0.2) is 0 Å². The van der Waals surface area contributed by atoms with Crippen LogP contribution >= 0.6 is 22.6 Å². The second kappa shape index (κ2) is 6.57. The van der Waals surface area contributed by atoms with Gasteiger partial charge in [0.15, 0.2) is 0 Å². The fraction of sp³-hybridized carbons (Fsp3) is 0.538. The third-order valence-electron chi connectivity index (χ3n) is 2.96. The Bertz CT molecular complexity index is 306. The van der Waals surface area contributed by atoms with Crippen molar-refractivity contribution in [3.05, 3.63) is 33.4 Å². The summed E-state index contributed by atoms with van der Waals surface area (Å²) in [5, 5.41) is 0. The second-order valence-corrected chi connectivity index (χ2v) is 5.43. The molecule has 0 amide bonds. The maximum Gasteiger partial charge on any atom is 0.0594 e. The van der Waals surface area contributed by atoms with Crippen molar-refractivity contribution in [2.45, 2.75) is 12.8 Å². The van der Waals surface area contributed by atoms with Crippen LogP contribution in [0.5, 0.6) is 0 Å². The average Bonchev–Trinajstić information content (AvgIpc) is 2.33. The molecule has 0 aliphatic carbocycles. The summed E-state index contributed by atoms with van der Waals surface area (Å²) in [5.41, 5.74) is 1.45. The van der Waals surface area contributed by atoms with Gasteiger partial charge < -0.3 is 4.74 Å². The summed E-state index contributed by atoms with van der Waals surface area (Å²) in [6.07, 6.45) is 2.44. The predicted molar refractivity (Wildman–Crippen MR) is 74.7 cm³/mol. The zero-order valence-electron chi connectivity index (χ0n) is 9.49. The van der Waals surface area contributed by atoms with Crippen LogP contribution in [0.15, 0.2) is 24.3 Å². The van der Waals surface area contributed by atoms with Crippen LogP contribution in [0.1, 0.15) is 12.0 Å². The molecule has 2 nitrogen and oxygen atoms in total. The minimum absolute atomic E-state index is 0.906. The first-order chi connectivity index (χ1) is 7.84. The molecule has 0 saturated carbocycles. The molecule has 1 aromatic rings. The van der Waals surface area contributed by atoms with Gasteiger partial charge in [0.1, 0.15) is 0 Å². The number of nitrogens with zero attached hydrogens (tertiary/aromatic N) is 1. The van der Waals surface area contributed by atoms with E-state index in [0.29, 0.717) is 0 Å². The minimum atomic E-state index is 0.906. The quantitative estimate of drug-likeness (QED) is 0.787. The average molecular weight is 331 g/mol. The Morgan fingerprint density at radius 2 is 1.81 bits per heavy atom. The summed E-state index contributed by atoms with van der Waals surface area (Å²) in [5.74, 6) is 0. The van der Waals surface area contributed by atoms with Gasteiger partial charge in [0.25, 0.3) is 0 Å². The lowest BCUT2D eigenvalue weighted by Crippen LogP contribution is -2.36. The molecular formula is C13H18INO. The largest absolute Gasteiger partial charge is 0.379 e. The van der Waals surface area contributed by atoms with Crippen molar-refractivity contribution in [3.8, 4) is 0 Å². The summed E-state index contributed by atoms with van der Waals surface area (Å²) < 4.78 is 6.65. The number of rotatable bonds is 4. The number of halogens is 1. The normalized spacial score (nSPS) is 17.6. The summed E-state index contributed by atoms with van der Waals surface area (Å²) in [7, 11) is 0. The molecule has 0 aromatic heterocycles. The fourth-order valence-electron chi connectivity index (χ4n) is 1.98. The van der Waals surface area contributed by atoms with Crippen molar-refractivity contribution in [2.24, 2.45) is 0 Å². The molecule has 1 aliphatic heterocycles. The van der Waals surface area contributed by atoms with Crippen LogP contribution in [0, 0.1) is 3.57 Å². The zero-order valence-corrected chi connectivity index (χ0v) is 11.7. The Hall–Kier alpha value is -0.130. The molecule has 2 rings (SSSR count). The molecule has 3 heteroatoms. The van der Waals surface area contributed by atoms with Gasteiger partial charge in [-0.1, -0.05) is 12.1 Å². The van der Waals surface area contributed by atoms with Gasteiger partial charge in [0, 0.05) is 16.7 Å². The molecule has 16 heavy (non-hydrogen) atoms. The molecule has 88 valence electrons. The first kappa shape index (κ1) is 12.3. The molecule has 0 bridgehead atoms. The van der Waals surface area contributed by atoms with Gasteiger partial charge in [-0.15, -0.1) is 0 Å². The molecule has 1 aliphatic rings. The van der Waals surface area contributed by atoms with Crippen LogP contribution in [0.4, 0.5) is 0 Å². The van der Waals surface area contributed by atoms with E-state index in [4.69, 9.17) is 4.74 Å². The third-order valence-corrected chi connectivity index (χ3v) is 3.68. The lowest BCUT2D eigenvalue weighted by Gasteiger charge is -2.26. The minimum Gasteiger partial charge on any atom is -0.379 e. The molecule has 1 fully saturated rings. The monoisotopic (exact) mass is 331 g/mol. The van der Waals surface area contributed by atoms with E-state index in [0.717, 1.165) is 26.3 Å². The van der Waals surface area contributed by atoms with Gasteiger partial charge in [-0.05, 0) is 59.7 Å². The van der Waals surface area contributed by atoms with E-state index < -0.39 is 0 Å². The maximum absolute atomic E-state index is 5.33. The lowest BCUT2D eigenvalue weighted by molar-refractivity contribution is 0.0375. The molecule has 1 aromatic carbocycles. The summed E-state index contributed by atoms with van der Waals surface area (Å²) in [6, 6.07) is 8.84. The van der Waals surface area contributed by atoms with Crippen molar-refractivity contribution < 1.29 is 4.74 Å². The zero-order chi connectivity index (χ0) is 11.2. The van der Waals surface area contributed by atoms with E-state index in [1.165, 1.54) is 28.5 Å². The van der Waals surface area contributed by atoms with Crippen molar-refractivity contribution in [3.63, 3.8) is 0 Å². The van der Waals surface area contributed by atoms with Gasteiger partial charge in [0.2, 0.25) is 0 Å². The van der Waals surface area contributed by atoms with Crippen LogP contribution in [-0.4, -0.2) is 37.7 Å². The highest BCUT2D eigenvalue weighted by molar-refractivity contribution is 14.1. The smallest absolute Gasteiger partial charge is 0.0594 e. The molecule has 0 spiro atoms. The summed E-state index contributed by atoms with van der Waals surface area (Å²) in [4.78, 5) is 2.50. The van der Waals surface area contributed by atoms with E-state index in [1.807, 2.05) is 0 Å². The number of hydrogen-bond donors (Lipinski definition) is 0. The SMILES string of the molecule is Ic1ccc(CCCN2CCOCC2)cc1. The Labute approximate surface area is 111 Å². The second-order valence-electron chi connectivity index (χ2n) is 4.18. The van der Waals surface area contributed by atoms with Crippen LogP contribution < -0.4 is 0 Å². The molecule has 0 atom stereocenters. The number of morpholine rings is 1. The topological polar surface area (TPSA) is 12.5 Å². The highest BCUT2D eigenvalue weighted by Crippen LogP contribution is 2.09. The number of hydrogen-bond acceptors (Lipinski definition) is 2. The maximum atomic E-state index is 5.33. The molecule has 0 N–H and O–H groups in total. The molecular weight excluding hydrogens is 313 g/mol. The predicted octanol–water partition coefficient (Wildman–Crippen LogP) is 2.56. The molecule has 0 radical (unpaired) electrons. The standard InChI is InChI=1S/C13H18INO/c14-13-5-3-12(4-6-13)2-1-7-15-8-10-16-11-9-15/h3-6H,1-2,7-11H2. The number of ether oxygens (including phenoxy) is 1. The van der Waals surface area contributed by atoms with E-state index in [-0.39, 0.29) is 0 Å². The van der Waals surface area contributed by atoms with Crippen LogP contribution in [0.25, 0.3) is 0 Å². The first-order valence-electron chi connectivity index (χ1n) is 5.89. The third kappa shape index (κ3) is 4.03. The Morgan fingerprint density at radius 1 is 1.12 bits per heavy atom. The van der Waals surface area contributed by atoms with Crippen LogP contribution in [0.3, 0.4) is 0 Å². The highest BCUT2D eigenvalue weighted by Gasteiger charge is 2.09. The number of aryl methyl sites for hydroxylation is 1. The van der Waals surface area contributed by atoms with Crippen molar-refractivity contribution in [2.75, 3.05) is 32.8 Å². The van der Waals surface area contributed by atoms with Gasteiger partial charge in [-0.3, -0.25) is 4.90 Å². The first-order valence-corrected chi connectivity index (χ1v) is 6.97. The van der Waals surface area contributed by atoms with Crippen molar-refractivity contribution in [1.82, 2.24) is 4.90 Å². The molecule has 1 heterocycles. The highest BCUT2D eigenvalue weighted by atomic mass is 127. The van der Waals surface area contributed by atoms with Crippen molar-refractivity contribution in [1.29, 1.82) is 0 Å². The summed E-state index contributed by atoms with van der Waals surface area (Å²) >= 11 is 2.35. The van der Waals surface area contributed by atoms with Gasteiger partial charge in [0.05, 0.1) is 13.2 Å². The van der Waals surface area contributed by atoms with Crippen LogP contribution in [-0.2, 0) is 11.2 Å². The van der Waals surface area contributed by atoms with E-state index in [9.17, 15) is 0 Å². The molecule has 0 unspecified atom stereocenters. The van der Waals surface area contributed by atoms with Crippen molar-refractivity contribution >= 4 is 22.6 Å². The van der Waals surface area contributed by atoms with E-state index in [2.05, 4.69) is 51.8 Å². The van der Waals surface area contributed by atoms with E-state index in [1.54, 1.807) is 0 Å². The van der Waals surface area contributed by atoms with Gasteiger partial charge in [-0.2, -0.15) is 0 Å². The summed E-state index contributed by atoms with van der Waals surface area (Å²) in [6.45, 7) is 5.22. The van der Waals surface area contributed by atoms with Gasteiger partial charge >= 0.3 is 0 Å². The fourth-order valence-corrected chi connectivity index (χ4v) is 2.34.